The van der Waals surface area contributed by atoms with Crippen LogP contribution in [0, 0.1) is 0 Å². The predicted molar refractivity (Wildman–Crippen MR) is 67.7 cm³/mol. The molecule has 4 N–H and O–H groups in total. The molecule has 0 bridgehead atoms. The number of hydrogen-bond donors (Lipinski definition) is 3. The lowest BCUT2D eigenvalue weighted by Gasteiger charge is -2.09. The molecule has 0 fully saturated rings. The van der Waals surface area contributed by atoms with Crippen LogP contribution in [-0.4, -0.2) is 33.1 Å². The molecule has 1 aromatic carbocycles. The Morgan fingerprint density at radius 3 is 2.21 bits per heavy atom. The summed E-state index contributed by atoms with van der Waals surface area (Å²) in [7, 11) is -8.58. The van der Waals surface area contributed by atoms with Crippen molar-refractivity contribution >= 4 is 20.1 Å². The van der Waals surface area contributed by atoms with Gasteiger partial charge in [0.05, 0.1) is 9.79 Å². The molecule has 0 saturated carbocycles. The Morgan fingerprint density at radius 2 is 1.74 bits per heavy atom. The van der Waals surface area contributed by atoms with Crippen LogP contribution in [0.25, 0.3) is 0 Å². The van der Waals surface area contributed by atoms with Gasteiger partial charge in [-0.3, -0.25) is 4.55 Å². The van der Waals surface area contributed by atoms with Crippen LogP contribution in [0.2, 0.25) is 0 Å². The van der Waals surface area contributed by atoms with Crippen LogP contribution in [0.5, 0.6) is 0 Å². The third kappa shape index (κ3) is 4.55. The Bertz CT molecular complexity index is 651. The van der Waals surface area contributed by atoms with Crippen LogP contribution in [0.4, 0.5) is 0 Å². The largest absolute Gasteiger partial charge is 0.396 e. The van der Waals surface area contributed by atoms with Gasteiger partial charge in [-0.15, -0.1) is 0 Å². The van der Waals surface area contributed by atoms with E-state index in [-0.39, 0.29) is 11.5 Å². The minimum Gasteiger partial charge on any atom is -0.396 e. The minimum absolute atomic E-state index is 0.0200. The fraction of sp³-hybridized carbons (Fsp3) is 0.400. The number of nitrogens with two attached hydrogens (primary N) is 1. The first-order valence-electron chi connectivity index (χ1n) is 5.40. The molecule has 1 rings (SSSR count). The summed E-state index contributed by atoms with van der Waals surface area (Å²) in [4.78, 5) is -0.858. The zero-order chi connectivity index (χ0) is 14.7. The third-order valence-electron chi connectivity index (χ3n) is 2.50. The lowest BCUT2D eigenvalue weighted by Crippen LogP contribution is -2.15. The normalized spacial score (nSPS) is 12.6. The highest BCUT2D eigenvalue weighted by molar-refractivity contribution is 7.89. The van der Waals surface area contributed by atoms with E-state index in [1.165, 1.54) is 6.07 Å². The van der Waals surface area contributed by atoms with E-state index >= 15 is 0 Å². The van der Waals surface area contributed by atoms with Crippen LogP contribution in [-0.2, 0) is 26.6 Å². The number of sulfonamides is 1. The summed E-state index contributed by atoms with van der Waals surface area (Å²) in [5.41, 5.74) is 0.350. The van der Waals surface area contributed by atoms with Crippen LogP contribution in [0.1, 0.15) is 18.4 Å². The van der Waals surface area contributed by atoms with Crippen molar-refractivity contribution in [2.24, 2.45) is 5.14 Å². The molecular weight excluding hydrogens is 294 g/mol. The van der Waals surface area contributed by atoms with Gasteiger partial charge in [0.15, 0.2) is 0 Å². The average molecular weight is 309 g/mol. The van der Waals surface area contributed by atoms with Crippen LogP contribution in [0.15, 0.2) is 28.0 Å². The molecule has 19 heavy (non-hydrogen) atoms. The van der Waals surface area contributed by atoms with E-state index in [0.29, 0.717) is 24.8 Å². The number of unbranched alkanes of at least 4 members (excludes halogenated alkanes) is 1. The zero-order valence-corrected chi connectivity index (χ0v) is 11.6. The van der Waals surface area contributed by atoms with Crippen molar-refractivity contribution < 1.29 is 26.5 Å². The van der Waals surface area contributed by atoms with E-state index in [1.54, 1.807) is 0 Å². The van der Waals surface area contributed by atoms with E-state index < -0.39 is 25.0 Å². The molecule has 0 saturated heterocycles. The zero-order valence-electron chi connectivity index (χ0n) is 9.98. The molecule has 0 aliphatic carbocycles. The van der Waals surface area contributed by atoms with E-state index in [2.05, 4.69) is 0 Å². The molecule has 0 radical (unpaired) electrons. The molecule has 0 aliphatic rings. The first kappa shape index (κ1) is 16.1. The maximum Gasteiger partial charge on any atom is 0.294 e. The first-order valence-corrected chi connectivity index (χ1v) is 8.39. The molecule has 0 spiro atoms. The number of benzene rings is 1. The van der Waals surface area contributed by atoms with Crippen molar-refractivity contribution in [3.05, 3.63) is 23.8 Å². The van der Waals surface area contributed by atoms with Crippen LogP contribution < -0.4 is 5.14 Å². The average Bonchev–Trinajstić information content (AvgIpc) is 2.27. The van der Waals surface area contributed by atoms with Crippen molar-refractivity contribution in [2.75, 3.05) is 6.61 Å². The Balaban J connectivity index is 3.26. The lowest BCUT2D eigenvalue weighted by atomic mass is 10.1. The number of aliphatic hydroxyl groups is 1. The highest BCUT2D eigenvalue weighted by Crippen LogP contribution is 2.21. The summed E-state index contributed by atoms with van der Waals surface area (Å²) in [6.07, 6.45) is 1.35. The molecule has 7 nitrogen and oxygen atoms in total. The van der Waals surface area contributed by atoms with E-state index in [4.69, 9.17) is 14.8 Å². The Morgan fingerprint density at radius 1 is 1.11 bits per heavy atom. The predicted octanol–water partition coefficient (Wildman–Crippen LogP) is -0.104. The number of primary sulfonamides is 1. The molecule has 0 atom stereocenters. The molecule has 9 heteroatoms. The van der Waals surface area contributed by atoms with Gasteiger partial charge in [0, 0.05) is 6.61 Å². The standard InChI is InChI=1S/C10H15NO6S2/c11-18(13,14)10-7-9(19(15,16)17)5-4-8(10)3-1-2-6-12/h4-5,7,12H,1-3,6H2,(H2,11,13,14)(H,15,16,17). The number of aryl methyl sites for hydroxylation is 1. The maximum absolute atomic E-state index is 11.4. The van der Waals surface area contributed by atoms with Crippen molar-refractivity contribution in [3.63, 3.8) is 0 Å². The van der Waals surface area contributed by atoms with Gasteiger partial charge in [0.1, 0.15) is 0 Å². The van der Waals surface area contributed by atoms with Gasteiger partial charge in [-0.2, -0.15) is 8.42 Å². The molecule has 0 heterocycles. The second-order valence-corrected chi connectivity index (χ2v) is 6.92. The van der Waals surface area contributed by atoms with Crippen molar-refractivity contribution in [1.82, 2.24) is 0 Å². The van der Waals surface area contributed by atoms with Crippen LogP contribution in [0.3, 0.4) is 0 Å². The number of hydrogen-bond acceptors (Lipinski definition) is 5. The molecule has 0 aliphatic heterocycles. The quantitative estimate of drug-likeness (QED) is 0.496. The molecule has 1 aromatic rings. The Kier molecular flexibility index (Phi) is 5.04. The van der Waals surface area contributed by atoms with Gasteiger partial charge in [0.25, 0.3) is 10.1 Å². The highest BCUT2D eigenvalue weighted by Gasteiger charge is 2.18. The summed E-state index contributed by atoms with van der Waals surface area (Å²) in [5, 5.41) is 13.7. The Labute approximate surface area is 111 Å². The van der Waals surface area contributed by atoms with Gasteiger partial charge < -0.3 is 5.11 Å². The fourth-order valence-electron chi connectivity index (χ4n) is 1.59. The Hall–Kier alpha value is -1.00. The molecule has 0 unspecified atom stereocenters. The smallest absolute Gasteiger partial charge is 0.294 e. The molecule has 108 valence electrons. The monoisotopic (exact) mass is 309 g/mol. The second-order valence-electron chi connectivity index (χ2n) is 3.97. The second kappa shape index (κ2) is 5.97. The van der Waals surface area contributed by atoms with Gasteiger partial charge in [0.2, 0.25) is 10.0 Å². The third-order valence-corrected chi connectivity index (χ3v) is 4.34. The van der Waals surface area contributed by atoms with E-state index in [9.17, 15) is 16.8 Å². The summed E-state index contributed by atoms with van der Waals surface area (Å²) in [5.74, 6) is 0. The number of aliphatic hydroxyl groups excluding tert-OH is 1. The molecular formula is C10H15NO6S2. The van der Waals surface area contributed by atoms with Gasteiger partial charge in [-0.05, 0) is 37.0 Å². The highest BCUT2D eigenvalue weighted by atomic mass is 32.2. The SMILES string of the molecule is NS(=O)(=O)c1cc(S(=O)(=O)O)ccc1CCCCO. The molecule has 0 amide bonds. The van der Waals surface area contributed by atoms with Gasteiger partial charge >= 0.3 is 0 Å². The van der Waals surface area contributed by atoms with E-state index in [1.807, 2.05) is 0 Å². The van der Waals surface area contributed by atoms with Gasteiger partial charge in [-0.1, -0.05) is 6.07 Å². The maximum atomic E-state index is 11.4. The minimum atomic E-state index is -4.49. The lowest BCUT2D eigenvalue weighted by molar-refractivity contribution is 0.284. The first-order chi connectivity index (χ1) is 8.66. The summed E-state index contributed by atoms with van der Waals surface area (Å²) in [6.45, 7) is -0.0200. The van der Waals surface area contributed by atoms with Crippen LogP contribution >= 0.6 is 0 Å². The summed E-state index contributed by atoms with van der Waals surface area (Å²) < 4.78 is 53.7. The van der Waals surface area contributed by atoms with Crippen molar-refractivity contribution in [3.8, 4) is 0 Å². The van der Waals surface area contributed by atoms with Crippen molar-refractivity contribution in [2.45, 2.75) is 29.1 Å². The fourth-order valence-corrected chi connectivity index (χ4v) is 3.00. The number of rotatable bonds is 6. The molecule has 0 aromatic heterocycles. The summed E-state index contributed by atoms with van der Waals surface area (Å²) >= 11 is 0. The van der Waals surface area contributed by atoms with Crippen molar-refractivity contribution in [1.29, 1.82) is 0 Å². The van der Waals surface area contributed by atoms with Gasteiger partial charge in [-0.25, -0.2) is 13.6 Å². The van der Waals surface area contributed by atoms with E-state index in [0.717, 1.165) is 12.1 Å². The summed E-state index contributed by atoms with van der Waals surface area (Å²) in [6, 6.07) is 3.23. The topological polar surface area (TPSA) is 135 Å².